The second kappa shape index (κ2) is 3.15. The molecule has 4 N–H and O–H groups in total. The van der Waals surface area contributed by atoms with Gasteiger partial charge in [-0.15, -0.1) is 0 Å². The average Bonchev–Trinajstić information content (AvgIpc) is 1.84. The van der Waals surface area contributed by atoms with Crippen molar-refractivity contribution in [2.75, 3.05) is 0 Å². The number of rotatable bonds is 0. The Hall–Kier alpha value is 1.19. The van der Waals surface area contributed by atoms with E-state index in [9.17, 15) is 0 Å². The molecule has 1 saturated carbocycles. The Balaban J connectivity index is 2.82. The molecule has 11 heavy (non-hydrogen) atoms. The van der Waals surface area contributed by atoms with Gasteiger partial charge in [0.1, 0.15) is 0 Å². The summed E-state index contributed by atoms with van der Waals surface area (Å²) in [5.74, 6) is 0. The predicted molar refractivity (Wildman–Crippen MR) is 43.2 cm³/mol. The number of alkyl halides is 2. The first-order valence-electron chi connectivity index (χ1n) is 3.44. The molecule has 0 radical (unpaired) electrons. The zero-order valence-corrected chi connectivity index (χ0v) is 9.71. The van der Waals surface area contributed by atoms with Crippen molar-refractivity contribution >= 4 is 23.2 Å². The first kappa shape index (κ1) is 10.3. The summed E-state index contributed by atoms with van der Waals surface area (Å²) >= 11 is 14.1. The van der Waals surface area contributed by atoms with Crippen LogP contribution in [0.3, 0.4) is 0 Å². The topological polar surface area (TPSA) is 52.0 Å². The van der Waals surface area contributed by atoms with Crippen LogP contribution in [0.5, 0.6) is 0 Å². The fourth-order valence-corrected chi connectivity index (χ4v) is 2.37. The van der Waals surface area contributed by atoms with Gasteiger partial charge in [-0.05, 0) is 0 Å². The van der Waals surface area contributed by atoms with Crippen LogP contribution < -0.4 is 11.5 Å². The summed E-state index contributed by atoms with van der Waals surface area (Å²) in [6, 6.07) is 0. The summed E-state index contributed by atoms with van der Waals surface area (Å²) in [4.78, 5) is 0. The molecule has 0 amide bonds. The molecule has 0 heterocycles. The molecule has 1 fully saturated rings. The van der Waals surface area contributed by atoms with Gasteiger partial charge in [0.15, 0.2) is 0 Å². The van der Waals surface area contributed by atoms with Gasteiger partial charge in [-0.3, -0.25) is 0 Å². The van der Waals surface area contributed by atoms with E-state index >= 15 is 0 Å². The van der Waals surface area contributed by atoms with E-state index in [1.54, 1.807) is 0 Å². The molecule has 0 aromatic heterocycles. The molecule has 2 unspecified atom stereocenters. The number of hydrogen-bond donors (Lipinski definition) is 2. The van der Waals surface area contributed by atoms with Gasteiger partial charge >= 0.3 is 88.0 Å². The van der Waals surface area contributed by atoms with Crippen LogP contribution in [0.4, 0.5) is 0 Å². The normalized spacial score (nSPS) is 44.0. The molecule has 0 saturated heterocycles. The van der Waals surface area contributed by atoms with E-state index in [2.05, 4.69) is 0 Å². The average molecular weight is 377 g/mol. The van der Waals surface area contributed by atoms with Crippen LogP contribution in [-0.4, -0.2) is 14.3 Å². The SMILES string of the molecule is NC1(N)CCCC(Cl)[C]1(Cl)[Pt]. The predicted octanol–water partition coefficient (Wildman–Crippen LogP) is 0.873. The fourth-order valence-electron chi connectivity index (χ4n) is 1.20. The van der Waals surface area contributed by atoms with Crippen molar-refractivity contribution in [3.05, 3.63) is 0 Å². The molecule has 69 valence electrons. The standard InChI is InChI=1S/C6H11Cl2N2.Pt/c7-4-2-1-3-6(9,10)5(4)8;/h4H,1-3,9-10H2;. The third kappa shape index (κ3) is 1.76. The Labute approximate surface area is 87.9 Å². The molecule has 1 rings (SSSR count). The molecule has 2 nitrogen and oxygen atoms in total. The van der Waals surface area contributed by atoms with E-state index in [0.29, 0.717) is 0 Å². The maximum absolute atomic E-state index is 6.12. The zero-order valence-electron chi connectivity index (χ0n) is 5.93. The molecular formula is C6H11Cl2N2Pt. The van der Waals surface area contributed by atoms with Crippen LogP contribution in [0.2, 0.25) is 0 Å². The van der Waals surface area contributed by atoms with Gasteiger partial charge in [0.25, 0.3) is 0 Å². The molecule has 0 aliphatic heterocycles. The Kier molecular flexibility index (Phi) is 2.95. The Bertz CT molecular complexity index is 161. The van der Waals surface area contributed by atoms with Gasteiger partial charge in [-0.1, -0.05) is 0 Å². The second-order valence-electron chi connectivity index (χ2n) is 2.98. The van der Waals surface area contributed by atoms with Crippen LogP contribution in [0, 0.1) is 0 Å². The summed E-state index contributed by atoms with van der Waals surface area (Å²) in [5.41, 5.74) is 10.8. The third-order valence-corrected chi connectivity index (χ3v) is 5.51. The van der Waals surface area contributed by atoms with Gasteiger partial charge in [0, 0.05) is 0 Å². The monoisotopic (exact) mass is 376 g/mol. The van der Waals surface area contributed by atoms with Crippen molar-refractivity contribution in [2.45, 2.75) is 33.6 Å². The quantitative estimate of drug-likeness (QED) is 0.487. The Morgan fingerprint density at radius 3 is 2.36 bits per heavy atom. The van der Waals surface area contributed by atoms with E-state index in [4.69, 9.17) is 34.7 Å². The molecular weight excluding hydrogens is 366 g/mol. The van der Waals surface area contributed by atoms with Gasteiger partial charge in [0.05, 0.1) is 0 Å². The molecule has 5 heteroatoms. The van der Waals surface area contributed by atoms with Crippen LogP contribution in [-0.2, 0) is 19.8 Å². The van der Waals surface area contributed by atoms with Gasteiger partial charge in [-0.25, -0.2) is 0 Å². The number of nitrogens with two attached hydrogens (primary N) is 2. The van der Waals surface area contributed by atoms with Crippen molar-refractivity contribution in [2.24, 2.45) is 11.5 Å². The molecule has 1 aliphatic rings. The van der Waals surface area contributed by atoms with E-state index < -0.39 is 8.93 Å². The van der Waals surface area contributed by atoms with E-state index in [-0.39, 0.29) is 5.38 Å². The van der Waals surface area contributed by atoms with Gasteiger partial charge < -0.3 is 0 Å². The minimum atomic E-state index is -0.833. The van der Waals surface area contributed by atoms with Gasteiger partial charge in [-0.2, -0.15) is 0 Å². The molecule has 0 aromatic rings. The van der Waals surface area contributed by atoms with Crippen molar-refractivity contribution in [1.29, 1.82) is 0 Å². The minimum absolute atomic E-state index is 0.130. The van der Waals surface area contributed by atoms with Crippen molar-refractivity contribution in [1.82, 2.24) is 0 Å². The first-order chi connectivity index (χ1) is 4.88. The van der Waals surface area contributed by atoms with Crippen molar-refractivity contribution in [3.8, 4) is 0 Å². The molecule has 0 aromatic carbocycles. The molecule has 1 aliphatic carbocycles. The van der Waals surface area contributed by atoms with Crippen LogP contribution in [0.1, 0.15) is 19.3 Å². The fraction of sp³-hybridized carbons (Fsp3) is 1.00. The second-order valence-corrected chi connectivity index (χ2v) is 6.54. The van der Waals surface area contributed by atoms with E-state index in [0.717, 1.165) is 19.3 Å². The van der Waals surface area contributed by atoms with Crippen LogP contribution in [0.15, 0.2) is 0 Å². The maximum atomic E-state index is 6.12. The summed E-state index contributed by atoms with van der Waals surface area (Å²) in [6.45, 7) is 0. The van der Waals surface area contributed by atoms with Crippen molar-refractivity contribution in [3.63, 3.8) is 0 Å². The van der Waals surface area contributed by atoms with E-state index in [1.807, 2.05) is 19.8 Å². The van der Waals surface area contributed by atoms with Crippen molar-refractivity contribution < 1.29 is 19.8 Å². The number of hydrogen-bond acceptors (Lipinski definition) is 2. The van der Waals surface area contributed by atoms with Gasteiger partial charge in [0.2, 0.25) is 0 Å². The summed E-state index contributed by atoms with van der Waals surface area (Å²) in [5, 5.41) is -0.130. The summed E-state index contributed by atoms with van der Waals surface area (Å²) in [7, 11) is 0. The molecule has 2 atom stereocenters. The van der Waals surface area contributed by atoms with Crippen LogP contribution in [0.25, 0.3) is 0 Å². The summed E-state index contributed by atoms with van der Waals surface area (Å²) in [6.07, 6.45) is 2.59. The third-order valence-electron chi connectivity index (χ3n) is 2.01. The first-order valence-corrected chi connectivity index (χ1v) is 5.39. The molecule has 0 bridgehead atoms. The molecule has 0 spiro atoms. The van der Waals surface area contributed by atoms with Crippen LogP contribution >= 0.6 is 23.2 Å². The Morgan fingerprint density at radius 2 is 2.00 bits per heavy atom. The number of halogens is 2. The Morgan fingerprint density at radius 1 is 1.45 bits per heavy atom. The summed E-state index contributed by atoms with van der Waals surface area (Å²) < 4.78 is -0.702. The van der Waals surface area contributed by atoms with E-state index in [1.165, 1.54) is 0 Å². The zero-order chi connectivity index (χ0) is 8.70.